The Morgan fingerprint density at radius 1 is 1.33 bits per heavy atom. The van der Waals surface area contributed by atoms with Gasteiger partial charge in [0.1, 0.15) is 0 Å². The molecule has 2 atom stereocenters. The lowest BCUT2D eigenvalue weighted by molar-refractivity contribution is 0.414. The molecule has 0 spiro atoms. The fourth-order valence-electron chi connectivity index (χ4n) is 2.57. The van der Waals surface area contributed by atoms with Crippen molar-refractivity contribution in [1.82, 2.24) is 25.5 Å². The molecule has 0 aromatic carbocycles. The Labute approximate surface area is 93.0 Å². The summed E-state index contributed by atoms with van der Waals surface area (Å²) in [6.07, 6.45) is 5.21. The number of aromatic nitrogens is 4. The molecule has 6 heteroatoms. The summed E-state index contributed by atoms with van der Waals surface area (Å²) in [6.45, 7) is 0. The molecule has 0 unspecified atom stereocenters. The predicted octanol–water partition coefficient (Wildman–Crippen LogP) is 0.585. The second-order valence-electron chi connectivity index (χ2n) is 4.43. The molecular weight excluding hydrogens is 210 g/mol. The topological polar surface area (TPSA) is 55.6 Å². The monoisotopic (exact) mass is 225 g/mol. The Morgan fingerprint density at radius 3 is 2.67 bits per heavy atom. The molecule has 0 radical (unpaired) electrons. The molecule has 0 aliphatic carbocycles. The van der Waals surface area contributed by atoms with E-state index in [0.717, 1.165) is 17.2 Å². The van der Waals surface area contributed by atoms with Gasteiger partial charge in [-0.2, -0.15) is 0 Å². The highest BCUT2D eigenvalue weighted by molar-refractivity contribution is 7.99. The van der Waals surface area contributed by atoms with E-state index in [0.29, 0.717) is 5.25 Å². The van der Waals surface area contributed by atoms with E-state index in [1.54, 1.807) is 4.68 Å². The van der Waals surface area contributed by atoms with Crippen LogP contribution in [0, 0.1) is 0 Å². The van der Waals surface area contributed by atoms with Gasteiger partial charge in [-0.05, 0) is 36.1 Å². The van der Waals surface area contributed by atoms with Crippen LogP contribution in [-0.4, -0.2) is 37.5 Å². The van der Waals surface area contributed by atoms with E-state index < -0.39 is 0 Å². The van der Waals surface area contributed by atoms with Crippen LogP contribution in [0.3, 0.4) is 0 Å². The number of nitrogens with zero attached hydrogens (tertiary/aromatic N) is 4. The summed E-state index contributed by atoms with van der Waals surface area (Å²) >= 11 is 1.83. The smallest absolute Gasteiger partial charge is 0.209 e. The second-order valence-corrected chi connectivity index (χ2v) is 5.70. The molecule has 15 heavy (non-hydrogen) atoms. The summed E-state index contributed by atoms with van der Waals surface area (Å²) in [5, 5.41) is 16.8. The van der Waals surface area contributed by atoms with Crippen LogP contribution in [0.15, 0.2) is 5.16 Å². The zero-order valence-electron chi connectivity index (χ0n) is 8.76. The molecule has 5 nitrogen and oxygen atoms in total. The Morgan fingerprint density at radius 2 is 2.07 bits per heavy atom. The number of piperidine rings is 1. The SMILES string of the molecule is Cn1nnnc1SC1C[C@@H]2CC[C@@H](C1)N2. The Balaban J connectivity index is 1.67. The van der Waals surface area contributed by atoms with Crippen molar-refractivity contribution in [1.29, 1.82) is 0 Å². The number of nitrogens with one attached hydrogen (secondary N) is 1. The zero-order chi connectivity index (χ0) is 10.3. The standard InChI is InChI=1S/C9H15N5S/c1-14-9(11-12-13-14)15-8-4-6-2-3-7(5-8)10-6/h6-8,10H,2-5H2,1H3/t6-,7-/m0/s1. The molecule has 1 N–H and O–H groups in total. The first-order valence-corrected chi connectivity index (χ1v) is 6.34. The summed E-state index contributed by atoms with van der Waals surface area (Å²) in [7, 11) is 1.90. The molecule has 2 aliphatic heterocycles. The highest BCUT2D eigenvalue weighted by Gasteiger charge is 2.34. The van der Waals surface area contributed by atoms with E-state index in [2.05, 4.69) is 20.8 Å². The average Bonchev–Trinajstić information content (AvgIpc) is 2.75. The molecule has 2 saturated heterocycles. The van der Waals surface area contributed by atoms with Crippen molar-refractivity contribution in [2.24, 2.45) is 7.05 Å². The number of fused-ring (bicyclic) bond motifs is 2. The van der Waals surface area contributed by atoms with Gasteiger partial charge in [0.05, 0.1) is 0 Å². The highest BCUT2D eigenvalue weighted by atomic mass is 32.2. The van der Waals surface area contributed by atoms with Gasteiger partial charge in [0.2, 0.25) is 5.16 Å². The van der Waals surface area contributed by atoms with Crippen molar-refractivity contribution in [3.05, 3.63) is 0 Å². The molecule has 2 fully saturated rings. The van der Waals surface area contributed by atoms with Gasteiger partial charge < -0.3 is 5.32 Å². The first-order valence-electron chi connectivity index (χ1n) is 5.46. The molecule has 3 rings (SSSR count). The number of hydrogen-bond donors (Lipinski definition) is 1. The molecule has 0 saturated carbocycles. The lowest BCUT2D eigenvalue weighted by Gasteiger charge is -2.27. The molecule has 1 aromatic heterocycles. The number of thioether (sulfide) groups is 1. The number of hydrogen-bond acceptors (Lipinski definition) is 5. The number of tetrazole rings is 1. The van der Waals surface area contributed by atoms with Crippen molar-refractivity contribution in [2.45, 2.75) is 48.2 Å². The fraction of sp³-hybridized carbons (Fsp3) is 0.889. The summed E-state index contributed by atoms with van der Waals surface area (Å²) in [5.41, 5.74) is 0. The van der Waals surface area contributed by atoms with Crippen LogP contribution in [0.1, 0.15) is 25.7 Å². The minimum Gasteiger partial charge on any atom is -0.311 e. The Hall–Kier alpha value is -0.620. The summed E-state index contributed by atoms with van der Waals surface area (Å²) in [5.74, 6) is 0. The molecule has 0 amide bonds. The van der Waals surface area contributed by atoms with Crippen molar-refractivity contribution >= 4 is 11.8 Å². The van der Waals surface area contributed by atoms with E-state index in [9.17, 15) is 0 Å². The first kappa shape index (κ1) is 9.59. The van der Waals surface area contributed by atoms with Crippen LogP contribution in [0.5, 0.6) is 0 Å². The molecule has 2 bridgehead atoms. The van der Waals surface area contributed by atoms with Crippen LogP contribution in [-0.2, 0) is 7.05 Å². The molecular formula is C9H15N5S. The molecule has 3 heterocycles. The van der Waals surface area contributed by atoms with Crippen LogP contribution in [0.2, 0.25) is 0 Å². The van der Waals surface area contributed by atoms with Gasteiger partial charge in [-0.15, -0.1) is 5.10 Å². The number of aryl methyl sites for hydroxylation is 1. The van der Waals surface area contributed by atoms with E-state index in [1.165, 1.54) is 25.7 Å². The van der Waals surface area contributed by atoms with Crippen molar-refractivity contribution in [3.63, 3.8) is 0 Å². The molecule has 82 valence electrons. The van der Waals surface area contributed by atoms with Gasteiger partial charge >= 0.3 is 0 Å². The Bertz CT molecular complexity index is 340. The van der Waals surface area contributed by atoms with Gasteiger partial charge in [-0.25, -0.2) is 4.68 Å². The third-order valence-electron chi connectivity index (χ3n) is 3.28. The fourth-order valence-corrected chi connectivity index (χ4v) is 3.80. The third kappa shape index (κ3) is 1.88. The first-order chi connectivity index (χ1) is 7.31. The van der Waals surface area contributed by atoms with Gasteiger partial charge in [-0.3, -0.25) is 0 Å². The number of rotatable bonds is 2. The van der Waals surface area contributed by atoms with E-state index in [-0.39, 0.29) is 0 Å². The summed E-state index contributed by atoms with van der Waals surface area (Å²) < 4.78 is 1.76. The minimum atomic E-state index is 0.688. The summed E-state index contributed by atoms with van der Waals surface area (Å²) in [6, 6.07) is 1.48. The highest BCUT2D eigenvalue weighted by Crippen LogP contribution is 2.35. The van der Waals surface area contributed by atoms with E-state index in [1.807, 2.05) is 18.8 Å². The maximum atomic E-state index is 4.02. The normalized spacial score (nSPS) is 34.6. The zero-order valence-corrected chi connectivity index (χ0v) is 9.57. The largest absolute Gasteiger partial charge is 0.311 e. The Kier molecular flexibility index (Phi) is 2.40. The molecule has 2 aliphatic rings. The lowest BCUT2D eigenvalue weighted by Crippen LogP contribution is -2.39. The van der Waals surface area contributed by atoms with Gasteiger partial charge in [0.15, 0.2) is 0 Å². The summed E-state index contributed by atoms with van der Waals surface area (Å²) in [4.78, 5) is 0. The maximum absolute atomic E-state index is 4.02. The maximum Gasteiger partial charge on any atom is 0.209 e. The predicted molar refractivity (Wildman–Crippen MR) is 57.6 cm³/mol. The van der Waals surface area contributed by atoms with Crippen molar-refractivity contribution in [3.8, 4) is 0 Å². The average molecular weight is 225 g/mol. The van der Waals surface area contributed by atoms with Crippen LogP contribution in [0.4, 0.5) is 0 Å². The van der Waals surface area contributed by atoms with Crippen LogP contribution >= 0.6 is 11.8 Å². The van der Waals surface area contributed by atoms with Gasteiger partial charge in [0.25, 0.3) is 0 Å². The van der Waals surface area contributed by atoms with Crippen molar-refractivity contribution in [2.75, 3.05) is 0 Å². The minimum absolute atomic E-state index is 0.688. The second kappa shape index (κ2) is 3.75. The van der Waals surface area contributed by atoms with Crippen LogP contribution < -0.4 is 5.32 Å². The van der Waals surface area contributed by atoms with Crippen LogP contribution in [0.25, 0.3) is 0 Å². The van der Waals surface area contributed by atoms with Gasteiger partial charge in [0, 0.05) is 24.4 Å². The third-order valence-corrected chi connectivity index (χ3v) is 4.56. The van der Waals surface area contributed by atoms with E-state index in [4.69, 9.17) is 0 Å². The van der Waals surface area contributed by atoms with E-state index >= 15 is 0 Å². The van der Waals surface area contributed by atoms with Crippen molar-refractivity contribution < 1.29 is 0 Å². The lowest BCUT2D eigenvalue weighted by atomic mass is 10.1. The van der Waals surface area contributed by atoms with Gasteiger partial charge in [-0.1, -0.05) is 11.8 Å². The molecule has 1 aromatic rings. The quantitative estimate of drug-likeness (QED) is 0.798.